The molecule has 1 aromatic heterocycles. The average Bonchev–Trinajstić information content (AvgIpc) is 3.77. The van der Waals surface area contributed by atoms with Gasteiger partial charge in [0, 0.05) is 37.8 Å². The van der Waals surface area contributed by atoms with Crippen molar-refractivity contribution in [2.45, 2.75) is 115 Å². The van der Waals surface area contributed by atoms with E-state index in [1.54, 1.807) is 64.0 Å². The van der Waals surface area contributed by atoms with E-state index in [-0.39, 0.29) is 60.1 Å². The predicted molar refractivity (Wildman–Crippen MR) is 193 cm³/mol. The fourth-order valence-electron chi connectivity index (χ4n) is 8.16. The molecule has 4 atom stereocenters. The fourth-order valence-corrected chi connectivity index (χ4v) is 8.16. The standard InChI is InChI=1S/C39H56FN3O9/c1-23(48-5)22-50-37(46)33-20-27-19-28(13-16-32(27)51-33)41-35(44)34-30(24-11-14-29(49-6)15-12-24)17-18-43(34)36(45)26-9-7-25(8-10-26)31(21-40)42-38(47)52-39(2,3)4/h13,16,19-20,23-26,29-31,34H,7-12,14-15,17-18,21-22H2,1-6H3,(H,41,44)(H,42,47)/t23-,24?,25?,26?,29?,30-,31-,34-/m1/s1. The smallest absolute Gasteiger partial charge is 0.407 e. The number of anilines is 1. The summed E-state index contributed by atoms with van der Waals surface area (Å²) in [6.45, 7) is 6.93. The lowest BCUT2D eigenvalue weighted by atomic mass is 9.75. The number of hydrogen-bond acceptors (Lipinski definition) is 9. The minimum absolute atomic E-state index is 0.000522. The van der Waals surface area contributed by atoms with E-state index in [0.29, 0.717) is 48.9 Å². The molecule has 2 heterocycles. The van der Waals surface area contributed by atoms with Crippen molar-refractivity contribution < 1.29 is 46.9 Å². The first-order valence-corrected chi connectivity index (χ1v) is 18.7. The molecule has 2 aliphatic carbocycles. The molecule has 1 aliphatic heterocycles. The van der Waals surface area contributed by atoms with Gasteiger partial charge in [-0.1, -0.05) is 0 Å². The molecule has 3 aliphatic rings. The van der Waals surface area contributed by atoms with E-state index in [1.807, 2.05) is 0 Å². The van der Waals surface area contributed by atoms with Crippen LogP contribution in [-0.4, -0.2) is 92.7 Å². The largest absolute Gasteiger partial charge is 0.457 e. The molecule has 0 radical (unpaired) electrons. The molecule has 0 bridgehead atoms. The van der Waals surface area contributed by atoms with Crippen LogP contribution in [0.15, 0.2) is 28.7 Å². The number of methoxy groups -OCH3 is 2. The first-order chi connectivity index (χ1) is 24.8. The molecule has 52 heavy (non-hydrogen) atoms. The summed E-state index contributed by atoms with van der Waals surface area (Å²) < 4.78 is 41.2. The second kappa shape index (κ2) is 17.4. The maximum absolute atomic E-state index is 14.3. The molecule has 5 rings (SSSR count). The van der Waals surface area contributed by atoms with E-state index in [1.165, 1.54) is 7.11 Å². The van der Waals surface area contributed by atoms with E-state index in [9.17, 15) is 23.6 Å². The van der Waals surface area contributed by atoms with Crippen molar-refractivity contribution in [3.05, 3.63) is 30.0 Å². The first kappa shape index (κ1) is 39.5. The summed E-state index contributed by atoms with van der Waals surface area (Å²) >= 11 is 0. The van der Waals surface area contributed by atoms with Crippen LogP contribution in [0.25, 0.3) is 11.0 Å². The van der Waals surface area contributed by atoms with Crippen molar-refractivity contribution in [1.29, 1.82) is 0 Å². The van der Waals surface area contributed by atoms with Gasteiger partial charge in [-0.25, -0.2) is 14.0 Å². The lowest BCUT2D eigenvalue weighted by molar-refractivity contribution is -0.142. The van der Waals surface area contributed by atoms with Crippen molar-refractivity contribution in [2.24, 2.45) is 23.7 Å². The number of alkyl carbamates (subject to hydrolysis) is 1. The van der Waals surface area contributed by atoms with Gasteiger partial charge in [0.1, 0.15) is 30.5 Å². The number of alkyl halides is 1. The Morgan fingerprint density at radius 3 is 2.33 bits per heavy atom. The summed E-state index contributed by atoms with van der Waals surface area (Å²) in [5, 5.41) is 6.39. The third kappa shape index (κ3) is 9.83. The number of carbonyl (C=O) groups is 4. The first-order valence-electron chi connectivity index (χ1n) is 18.7. The second-order valence-corrected chi connectivity index (χ2v) is 15.7. The zero-order valence-electron chi connectivity index (χ0n) is 31.4. The topological polar surface area (TPSA) is 146 Å². The van der Waals surface area contributed by atoms with Crippen LogP contribution in [0.5, 0.6) is 0 Å². The second-order valence-electron chi connectivity index (χ2n) is 15.7. The van der Waals surface area contributed by atoms with Gasteiger partial charge < -0.3 is 38.9 Å². The monoisotopic (exact) mass is 729 g/mol. The summed E-state index contributed by atoms with van der Waals surface area (Å²) in [5.74, 6) is -0.958. The van der Waals surface area contributed by atoms with E-state index in [0.717, 1.165) is 32.1 Å². The Morgan fingerprint density at radius 2 is 1.69 bits per heavy atom. The number of fused-ring (bicyclic) bond motifs is 1. The Bertz CT molecular complexity index is 1540. The SMILES string of the molecule is COC1CCC([C@H]2CCN(C(=O)C3CCC([C@@H](CF)NC(=O)OC(C)(C)C)CC3)[C@H]2C(=O)Nc2ccc3oc(C(=O)OC[C@@H](C)OC)cc3c2)CC1. The van der Waals surface area contributed by atoms with Crippen molar-refractivity contribution in [3.8, 4) is 0 Å². The predicted octanol–water partition coefficient (Wildman–Crippen LogP) is 6.65. The Balaban J connectivity index is 1.27. The number of nitrogens with zero attached hydrogens (tertiary/aromatic N) is 1. The van der Waals surface area contributed by atoms with Crippen LogP contribution < -0.4 is 10.6 Å². The molecule has 1 aromatic carbocycles. The highest BCUT2D eigenvalue weighted by atomic mass is 19.1. The molecule has 2 N–H and O–H groups in total. The molecule has 1 saturated heterocycles. The summed E-state index contributed by atoms with van der Waals surface area (Å²) in [7, 11) is 3.27. The number of halogens is 1. The number of amides is 3. The molecule has 288 valence electrons. The number of likely N-dealkylation sites (tertiary alicyclic amines) is 1. The number of esters is 1. The van der Waals surface area contributed by atoms with Gasteiger partial charge in [-0.2, -0.15) is 0 Å². The average molecular weight is 730 g/mol. The van der Waals surface area contributed by atoms with Crippen molar-refractivity contribution in [1.82, 2.24) is 10.2 Å². The maximum Gasteiger partial charge on any atom is 0.407 e. The van der Waals surface area contributed by atoms with Gasteiger partial charge in [0.2, 0.25) is 17.6 Å². The highest BCUT2D eigenvalue weighted by Gasteiger charge is 2.47. The van der Waals surface area contributed by atoms with Gasteiger partial charge in [-0.3, -0.25) is 9.59 Å². The molecular weight excluding hydrogens is 673 g/mol. The summed E-state index contributed by atoms with van der Waals surface area (Å²) in [5.41, 5.74) is 0.313. The summed E-state index contributed by atoms with van der Waals surface area (Å²) in [6, 6.07) is 5.42. The van der Waals surface area contributed by atoms with Crippen LogP contribution in [0.2, 0.25) is 0 Å². The van der Waals surface area contributed by atoms with Crippen LogP contribution in [0.4, 0.5) is 14.9 Å². The Hall–Kier alpha value is -3.71. The number of ether oxygens (including phenoxy) is 4. The molecule has 0 spiro atoms. The number of furan rings is 1. The Kier molecular flexibility index (Phi) is 13.2. The Labute approximate surface area is 305 Å². The number of rotatable bonds is 12. The van der Waals surface area contributed by atoms with Crippen LogP contribution in [-0.2, 0) is 28.5 Å². The van der Waals surface area contributed by atoms with Gasteiger partial charge in [0.25, 0.3) is 0 Å². The minimum Gasteiger partial charge on any atom is -0.457 e. The Morgan fingerprint density at radius 1 is 0.981 bits per heavy atom. The molecule has 3 fully saturated rings. The molecule has 3 amide bonds. The maximum atomic E-state index is 14.3. The van der Waals surface area contributed by atoms with E-state index < -0.39 is 36.4 Å². The quantitative estimate of drug-likeness (QED) is 0.229. The van der Waals surface area contributed by atoms with Crippen molar-refractivity contribution in [2.75, 3.05) is 39.4 Å². The highest BCUT2D eigenvalue weighted by Crippen LogP contribution is 2.42. The molecule has 2 saturated carbocycles. The molecule has 2 aromatic rings. The van der Waals surface area contributed by atoms with Crippen molar-refractivity contribution >= 4 is 40.5 Å². The summed E-state index contributed by atoms with van der Waals surface area (Å²) in [4.78, 5) is 55.2. The molecule has 12 nitrogen and oxygen atoms in total. The van der Waals surface area contributed by atoms with E-state index in [4.69, 9.17) is 23.4 Å². The minimum atomic E-state index is -0.715. The normalized spacial score (nSPS) is 26.4. The zero-order chi connectivity index (χ0) is 37.6. The van der Waals surface area contributed by atoms with Gasteiger partial charge in [-0.05, 0) is 128 Å². The number of hydrogen-bond donors (Lipinski definition) is 2. The lowest BCUT2D eigenvalue weighted by Crippen LogP contribution is -2.50. The third-order valence-corrected chi connectivity index (χ3v) is 11.0. The third-order valence-electron chi connectivity index (χ3n) is 11.0. The lowest BCUT2D eigenvalue weighted by Gasteiger charge is -2.38. The van der Waals surface area contributed by atoms with E-state index >= 15 is 0 Å². The number of benzene rings is 1. The molecule has 13 heteroatoms. The van der Waals surface area contributed by atoms with Gasteiger partial charge in [0.15, 0.2) is 0 Å². The summed E-state index contributed by atoms with van der Waals surface area (Å²) in [6.07, 6.45) is 6.02. The van der Waals surface area contributed by atoms with Gasteiger partial charge in [-0.15, -0.1) is 0 Å². The number of nitrogens with one attached hydrogen (secondary N) is 2. The van der Waals surface area contributed by atoms with E-state index in [2.05, 4.69) is 10.6 Å². The van der Waals surface area contributed by atoms with Crippen LogP contribution in [0.3, 0.4) is 0 Å². The van der Waals surface area contributed by atoms with Crippen LogP contribution >= 0.6 is 0 Å². The molecule has 0 unspecified atom stereocenters. The highest BCUT2D eigenvalue weighted by molar-refractivity contribution is 6.00. The zero-order valence-corrected chi connectivity index (χ0v) is 31.4. The van der Waals surface area contributed by atoms with Crippen LogP contribution in [0, 0.1) is 23.7 Å². The fraction of sp³-hybridized carbons (Fsp3) is 0.692. The van der Waals surface area contributed by atoms with Gasteiger partial charge in [0.05, 0.1) is 18.2 Å². The van der Waals surface area contributed by atoms with Crippen molar-refractivity contribution in [3.63, 3.8) is 0 Å². The van der Waals surface area contributed by atoms with Crippen LogP contribution in [0.1, 0.15) is 96.0 Å². The molecular formula is C39H56FN3O9. The van der Waals surface area contributed by atoms with Gasteiger partial charge >= 0.3 is 12.1 Å². The number of carbonyl (C=O) groups excluding carboxylic acids is 4.